The third-order valence-corrected chi connectivity index (χ3v) is 3.73. The molecule has 0 spiro atoms. The number of imide groups is 1. The molecule has 3 nitrogen and oxygen atoms in total. The number of hydrogen-bond acceptors (Lipinski definition) is 2. The maximum absolute atomic E-state index is 12.0. The molecule has 0 saturated carbocycles. The molecule has 1 heterocycles. The number of carbonyl (C=O) groups is 2. The van der Waals surface area contributed by atoms with Crippen molar-refractivity contribution in [3.63, 3.8) is 0 Å². The molecule has 80 valence electrons. The van der Waals surface area contributed by atoms with Gasteiger partial charge in [-0.3, -0.25) is 9.59 Å². The van der Waals surface area contributed by atoms with E-state index in [1.54, 1.807) is 24.3 Å². The van der Waals surface area contributed by atoms with Crippen molar-refractivity contribution in [2.24, 2.45) is 0 Å². The lowest BCUT2D eigenvalue weighted by Crippen LogP contribution is -2.31. The third kappa shape index (κ3) is 1.45. The highest BCUT2D eigenvalue weighted by atomic mass is 32.3. The molecule has 0 bridgehead atoms. The van der Waals surface area contributed by atoms with Crippen LogP contribution in [0.1, 0.15) is 20.7 Å². The lowest BCUT2D eigenvalue weighted by molar-refractivity contribution is 0.0773. The van der Waals surface area contributed by atoms with E-state index in [0.717, 1.165) is 0 Å². The highest BCUT2D eigenvalue weighted by Crippen LogP contribution is 2.45. The second-order valence-corrected chi connectivity index (χ2v) is 8.13. The van der Waals surface area contributed by atoms with Crippen LogP contribution in [-0.2, 0) is 0 Å². The minimum Gasteiger partial charge on any atom is -0.268 e. The van der Waals surface area contributed by atoms with Crippen LogP contribution in [0, 0.1) is 0 Å². The van der Waals surface area contributed by atoms with Gasteiger partial charge < -0.3 is 0 Å². The lowest BCUT2D eigenvalue weighted by Gasteiger charge is -2.34. The Balaban J connectivity index is 2.55. The van der Waals surface area contributed by atoms with Crippen molar-refractivity contribution in [2.75, 3.05) is 18.8 Å². The second kappa shape index (κ2) is 3.10. The zero-order valence-corrected chi connectivity index (χ0v) is 9.80. The van der Waals surface area contributed by atoms with E-state index in [1.165, 1.54) is 4.31 Å². The summed E-state index contributed by atoms with van der Waals surface area (Å²) in [5, 5.41) is 0. The first kappa shape index (κ1) is 10.2. The van der Waals surface area contributed by atoms with E-state index < -0.39 is 10.2 Å². The Labute approximate surface area is 90.5 Å². The number of benzene rings is 1. The summed E-state index contributed by atoms with van der Waals surface area (Å²) in [5.41, 5.74) is 1.06. The third-order valence-electron chi connectivity index (χ3n) is 2.30. The van der Waals surface area contributed by atoms with Crippen molar-refractivity contribution in [1.82, 2.24) is 4.31 Å². The predicted octanol–water partition coefficient (Wildman–Crippen LogP) is 1.89. The van der Waals surface area contributed by atoms with E-state index in [1.807, 2.05) is 18.8 Å². The van der Waals surface area contributed by atoms with Crippen LogP contribution in [0.25, 0.3) is 0 Å². The summed E-state index contributed by atoms with van der Waals surface area (Å²) in [7, 11) is -1.33. The molecule has 1 aromatic carbocycles. The number of rotatable bonds is 1. The average Bonchev–Trinajstić information content (AvgIpc) is 2.39. The molecule has 0 saturated heterocycles. The van der Waals surface area contributed by atoms with Gasteiger partial charge in [-0.1, -0.05) is 12.1 Å². The van der Waals surface area contributed by atoms with E-state index in [9.17, 15) is 9.59 Å². The Morgan fingerprint density at radius 3 is 1.67 bits per heavy atom. The molecular weight excluding hydrogens is 210 g/mol. The van der Waals surface area contributed by atoms with E-state index in [2.05, 4.69) is 0 Å². The predicted molar refractivity (Wildman–Crippen MR) is 62.3 cm³/mol. The molecule has 0 radical (unpaired) electrons. The van der Waals surface area contributed by atoms with Gasteiger partial charge in [0, 0.05) is 0 Å². The van der Waals surface area contributed by atoms with Crippen molar-refractivity contribution in [3.8, 4) is 0 Å². The molecule has 1 aliphatic heterocycles. The standard InChI is InChI=1S/C11H13NO2S/c1-15(2,3)12-10(13)8-6-4-5-7-9(8)11(12)14/h4-7H,1-3H3. The van der Waals surface area contributed by atoms with Crippen molar-refractivity contribution < 1.29 is 9.59 Å². The Morgan fingerprint density at radius 1 is 0.933 bits per heavy atom. The van der Waals surface area contributed by atoms with E-state index in [0.29, 0.717) is 11.1 Å². The molecule has 1 aliphatic rings. The number of amides is 2. The van der Waals surface area contributed by atoms with Gasteiger partial charge in [-0.25, -0.2) is 4.31 Å². The molecule has 4 heteroatoms. The van der Waals surface area contributed by atoms with Gasteiger partial charge in [-0.05, 0) is 30.9 Å². The van der Waals surface area contributed by atoms with Crippen LogP contribution in [0.4, 0.5) is 0 Å². The Hall–Kier alpha value is -1.29. The summed E-state index contributed by atoms with van der Waals surface area (Å²) in [5.74, 6) is -0.309. The molecule has 0 aliphatic carbocycles. The topological polar surface area (TPSA) is 37.4 Å². The zero-order chi connectivity index (χ0) is 11.2. The zero-order valence-electron chi connectivity index (χ0n) is 8.98. The summed E-state index contributed by atoms with van der Waals surface area (Å²) in [6.07, 6.45) is 5.82. The summed E-state index contributed by atoms with van der Waals surface area (Å²) in [4.78, 5) is 24.0. The van der Waals surface area contributed by atoms with E-state index in [-0.39, 0.29) is 11.8 Å². The van der Waals surface area contributed by atoms with Crippen LogP contribution in [-0.4, -0.2) is 34.9 Å². The molecule has 2 rings (SSSR count). The van der Waals surface area contributed by atoms with Gasteiger partial charge in [-0.15, -0.1) is 0 Å². The van der Waals surface area contributed by atoms with Gasteiger partial charge in [0.05, 0.1) is 11.1 Å². The molecule has 0 aromatic heterocycles. The monoisotopic (exact) mass is 223 g/mol. The maximum Gasteiger partial charge on any atom is 0.270 e. The molecular formula is C11H13NO2S. The van der Waals surface area contributed by atoms with Crippen LogP contribution in [0.15, 0.2) is 24.3 Å². The molecule has 2 amide bonds. The maximum atomic E-state index is 12.0. The van der Waals surface area contributed by atoms with Gasteiger partial charge in [-0.2, -0.15) is 10.2 Å². The summed E-state index contributed by atoms with van der Waals surface area (Å²) in [6, 6.07) is 6.98. The minimum atomic E-state index is -1.33. The molecule has 0 N–H and O–H groups in total. The SMILES string of the molecule is CS(C)(C)N1C(=O)c2ccccc2C1=O. The van der Waals surface area contributed by atoms with Crippen LogP contribution in [0.5, 0.6) is 0 Å². The second-order valence-electron chi connectivity index (χ2n) is 4.22. The molecule has 1 aromatic rings. The van der Waals surface area contributed by atoms with Crippen LogP contribution in [0.3, 0.4) is 0 Å². The number of carbonyl (C=O) groups excluding carboxylic acids is 2. The van der Waals surface area contributed by atoms with Gasteiger partial charge >= 0.3 is 0 Å². The highest BCUT2D eigenvalue weighted by molar-refractivity contribution is 8.30. The first-order chi connectivity index (χ1) is 6.93. The molecule has 0 atom stereocenters. The van der Waals surface area contributed by atoms with E-state index >= 15 is 0 Å². The highest BCUT2D eigenvalue weighted by Gasteiger charge is 2.39. The summed E-state index contributed by atoms with van der Waals surface area (Å²) < 4.78 is 1.40. The number of hydrogen-bond donors (Lipinski definition) is 0. The van der Waals surface area contributed by atoms with Gasteiger partial charge in [0.1, 0.15) is 0 Å². The smallest absolute Gasteiger partial charge is 0.268 e. The van der Waals surface area contributed by atoms with Crippen molar-refractivity contribution in [3.05, 3.63) is 35.4 Å². The fourth-order valence-electron chi connectivity index (χ4n) is 1.66. The van der Waals surface area contributed by atoms with Crippen molar-refractivity contribution in [1.29, 1.82) is 0 Å². The Kier molecular flexibility index (Phi) is 2.12. The fraction of sp³-hybridized carbons (Fsp3) is 0.273. The van der Waals surface area contributed by atoms with Crippen LogP contribution in [0.2, 0.25) is 0 Å². The molecule has 15 heavy (non-hydrogen) atoms. The first-order valence-corrected chi connectivity index (χ1v) is 7.40. The van der Waals surface area contributed by atoms with Crippen molar-refractivity contribution in [2.45, 2.75) is 0 Å². The Morgan fingerprint density at radius 2 is 1.33 bits per heavy atom. The summed E-state index contributed by atoms with van der Waals surface area (Å²) in [6.45, 7) is 0. The average molecular weight is 223 g/mol. The normalized spacial score (nSPS) is 16.9. The van der Waals surface area contributed by atoms with Gasteiger partial charge in [0.25, 0.3) is 11.8 Å². The van der Waals surface area contributed by atoms with Gasteiger partial charge in [0.15, 0.2) is 0 Å². The molecule has 0 unspecified atom stereocenters. The molecule has 0 fully saturated rings. The first-order valence-electron chi connectivity index (χ1n) is 4.59. The Bertz CT molecular complexity index is 413. The van der Waals surface area contributed by atoms with Crippen LogP contribution >= 0.6 is 10.2 Å². The van der Waals surface area contributed by atoms with E-state index in [4.69, 9.17) is 0 Å². The van der Waals surface area contributed by atoms with Crippen LogP contribution < -0.4 is 0 Å². The van der Waals surface area contributed by atoms with Gasteiger partial charge in [0.2, 0.25) is 0 Å². The lowest BCUT2D eigenvalue weighted by atomic mass is 10.1. The number of nitrogens with zero attached hydrogens (tertiary/aromatic N) is 1. The minimum absolute atomic E-state index is 0.155. The number of fused-ring (bicyclic) bond motifs is 1. The largest absolute Gasteiger partial charge is 0.270 e. The fourth-order valence-corrected chi connectivity index (χ4v) is 2.86. The quantitative estimate of drug-likeness (QED) is 0.682. The summed E-state index contributed by atoms with van der Waals surface area (Å²) >= 11 is 0. The van der Waals surface area contributed by atoms with Crippen molar-refractivity contribution >= 4 is 22.0 Å².